The molecule has 1 unspecified atom stereocenters. The van der Waals surface area contributed by atoms with Crippen molar-refractivity contribution in [1.82, 2.24) is 14.7 Å². The van der Waals surface area contributed by atoms with Crippen molar-refractivity contribution in [1.29, 1.82) is 0 Å². The number of ether oxygens (including phenoxy) is 1. The second-order valence-corrected chi connectivity index (χ2v) is 10.9. The first-order valence-electron chi connectivity index (χ1n) is 13.0. The fraction of sp³-hybridized carbons (Fsp3) is 0.536. The van der Waals surface area contributed by atoms with Crippen molar-refractivity contribution in [2.75, 3.05) is 52.5 Å². The molecule has 2 atom stereocenters. The Morgan fingerprint density at radius 2 is 1.74 bits per heavy atom. The van der Waals surface area contributed by atoms with Gasteiger partial charge in [0.2, 0.25) is 0 Å². The first-order valence-corrected chi connectivity index (χ1v) is 13.7. The fourth-order valence-corrected chi connectivity index (χ4v) is 6.28. The molecule has 0 saturated carbocycles. The average Bonchev–Trinajstić information content (AvgIpc) is 2.87. The summed E-state index contributed by atoms with van der Waals surface area (Å²) in [7, 11) is 0. The number of hydrogen-bond acceptors (Lipinski definition) is 4. The molecule has 2 aromatic carbocycles. The van der Waals surface area contributed by atoms with Gasteiger partial charge in [-0.1, -0.05) is 47.5 Å². The van der Waals surface area contributed by atoms with Gasteiger partial charge in [0.1, 0.15) is 0 Å². The number of rotatable bonds is 7. The van der Waals surface area contributed by atoms with Crippen LogP contribution in [-0.4, -0.2) is 79.1 Å². The predicted molar refractivity (Wildman–Crippen MR) is 141 cm³/mol. The summed E-state index contributed by atoms with van der Waals surface area (Å²) >= 11 is 12.7. The Balaban J connectivity index is 1.24. The number of nitrogens with zero attached hydrogens (tertiary/aromatic N) is 3. The second kappa shape index (κ2) is 11.6. The van der Waals surface area contributed by atoms with E-state index >= 15 is 0 Å². The molecule has 0 spiro atoms. The van der Waals surface area contributed by atoms with Crippen LogP contribution in [0.15, 0.2) is 48.5 Å². The smallest absolute Gasteiger partial charge is 0.254 e. The summed E-state index contributed by atoms with van der Waals surface area (Å²) < 4.78 is 5.49. The first-order chi connectivity index (χ1) is 17.1. The lowest BCUT2D eigenvalue weighted by Gasteiger charge is -2.47. The molecule has 0 N–H and O–H groups in total. The molecule has 3 fully saturated rings. The number of halogens is 2. The minimum Gasteiger partial charge on any atom is -0.379 e. The van der Waals surface area contributed by atoms with Gasteiger partial charge in [-0.05, 0) is 68.0 Å². The molecule has 1 amide bonds. The number of carbonyl (C=O) groups is 1. The van der Waals surface area contributed by atoms with Gasteiger partial charge in [-0.3, -0.25) is 9.69 Å². The van der Waals surface area contributed by atoms with Gasteiger partial charge in [0.15, 0.2) is 0 Å². The van der Waals surface area contributed by atoms with Gasteiger partial charge >= 0.3 is 0 Å². The molecular formula is C28H35Cl2N3O2. The molecule has 0 bridgehead atoms. The minimum absolute atomic E-state index is 0.0173. The van der Waals surface area contributed by atoms with Crippen LogP contribution >= 0.6 is 23.2 Å². The van der Waals surface area contributed by atoms with Gasteiger partial charge in [-0.15, -0.1) is 0 Å². The number of likely N-dealkylation sites (tertiary alicyclic amines) is 2. The largest absolute Gasteiger partial charge is 0.379 e. The Hall–Kier alpha value is -1.63. The molecule has 5 nitrogen and oxygen atoms in total. The van der Waals surface area contributed by atoms with E-state index in [2.05, 4.69) is 14.7 Å². The van der Waals surface area contributed by atoms with E-state index < -0.39 is 0 Å². The Labute approximate surface area is 218 Å². The highest BCUT2D eigenvalue weighted by Crippen LogP contribution is 2.41. The molecule has 3 saturated heterocycles. The van der Waals surface area contributed by atoms with Crippen LogP contribution in [0.3, 0.4) is 0 Å². The van der Waals surface area contributed by atoms with Gasteiger partial charge in [0.25, 0.3) is 5.91 Å². The lowest BCUT2D eigenvalue weighted by molar-refractivity contribution is -0.0328. The molecule has 3 heterocycles. The second-order valence-electron chi connectivity index (χ2n) is 10.1. The maximum absolute atomic E-state index is 13.5. The number of hydrogen-bond donors (Lipinski definition) is 0. The van der Waals surface area contributed by atoms with Crippen LogP contribution in [-0.2, 0) is 4.74 Å². The van der Waals surface area contributed by atoms with Gasteiger partial charge in [-0.25, -0.2) is 0 Å². The van der Waals surface area contributed by atoms with E-state index in [1.54, 1.807) is 0 Å². The number of benzene rings is 2. The van der Waals surface area contributed by atoms with E-state index in [-0.39, 0.29) is 11.9 Å². The SMILES string of the molecule is O=C(c1ccccc1)N1CCCC(CCCN2CC(N3CCOCC3)C2)[C@@H]1c1ccc(Cl)c(Cl)c1. The minimum atomic E-state index is 0.0173. The van der Waals surface area contributed by atoms with Gasteiger partial charge in [0.05, 0.1) is 29.3 Å². The highest BCUT2D eigenvalue weighted by atomic mass is 35.5. The quantitative estimate of drug-likeness (QED) is 0.495. The molecule has 3 aliphatic heterocycles. The molecule has 5 rings (SSSR count). The van der Waals surface area contributed by atoms with Crippen molar-refractivity contribution in [3.8, 4) is 0 Å². The summed E-state index contributed by atoms with van der Waals surface area (Å²) in [5.41, 5.74) is 1.83. The molecule has 7 heteroatoms. The van der Waals surface area contributed by atoms with Crippen molar-refractivity contribution in [2.24, 2.45) is 5.92 Å². The van der Waals surface area contributed by atoms with E-state index in [0.29, 0.717) is 22.0 Å². The van der Waals surface area contributed by atoms with E-state index in [1.165, 1.54) is 13.1 Å². The van der Waals surface area contributed by atoms with Crippen molar-refractivity contribution < 1.29 is 9.53 Å². The van der Waals surface area contributed by atoms with Crippen molar-refractivity contribution >= 4 is 29.1 Å². The van der Waals surface area contributed by atoms with Crippen LogP contribution in [0.4, 0.5) is 0 Å². The summed E-state index contributed by atoms with van der Waals surface area (Å²) in [5, 5.41) is 1.10. The predicted octanol–water partition coefficient (Wildman–Crippen LogP) is 5.38. The van der Waals surface area contributed by atoms with E-state index in [0.717, 1.165) is 76.2 Å². The number of carbonyl (C=O) groups excluding carboxylic acids is 1. The van der Waals surface area contributed by atoms with Crippen LogP contribution in [0, 0.1) is 5.92 Å². The highest BCUT2D eigenvalue weighted by Gasteiger charge is 2.37. The highest BCUT2D eigenvalue weighted by molar-refractivity contribution is 6.42. The van der Waals surface area contributed by atoms with Crippen LogP contribution in [0.25, 0.3) is 0 Å². The van der Waals surface area contributed by atoms with E-state index in [1.807, 2.05) is 48.5 Å². The Kier molecular flexibility index (Phi) is 8.31. The van der Waals surface area contributed by atoms with Gasteiger partial charge in [-0.2, -0.15) is 0 Å². The zero-order valence-electron chi connectivity index (χ0n) is 20.3. The lowest BCUT2D eigenvalue weighted by atomic mass is 9.81. The lowest BCUT2D eigenvalue weighted by Crippen LogP contribution is -2.61. The standard InChI is InChI=1S/C28H35Cl2N3O2/c29-25-11-10-23(18-26(25)30)27-21(9-5-13-33(27)28(34)22-6-2-1-3-7-22)8-4-12-31-19-24(20-31)32-14-16-35-17-15-32/h1-3,6-7,10-11,18,21,24,27H,4-5,8-9,12-17,19-20H2/t21?,27-/m1/s1. The summed E-state index contributed by atoms with van der Waals surface area (Å²) in [6.07, 6.45) is 4.40. The molecule has 188 valence electrons. The molecule has 0 radical (unpaired) electrons. The summed E-state index contributed by atoms with van der Waals surface area (Å²) in [6.45, 7) is 8.09. The molecule has 0 aromatic heterocycles. The van der Waals surface area contributed by atoms with E-state index in [9.17, 15) is 4.79 Å². The Morgan fingerprint density at radius 1 is 0.971 bits per heavy atom. The van der Waals surface area contributed by atoms with Crippen LogP contribution < -0.4 is 0 Å². The number of morpholine rings is 1. The normalized spacial score (nSPS) is 24.3. The van der Waals surface area contributed by atoms with Crippen LogP contribution in [0.5, 0.6) is 0 Å². The third kappa shape index (κ3) is 5.86. The summed E-state index contributed by atoms with van der Waals surface area (Å²) in [4.78, 5) is 20.8. The topological polar surface area (TPSA) is 36.0 Å². The molecular weight excluding hydrogens is 481 g/mol. The van der Waals surface area contributed by atoms with Gasteiger partial charge < -0.3 is 14.5 Å². The zero-order chi connectivity index (χ0) is 24.2. The van der Waals surface area contributed by atoms with Crippen molar-refractivity contribution in [3.63, 3.8) is 0 Å². The molecule has 35 heavy (non-hydrogen) atoms. The van der Waals surface area contributed by atoms with Crippen LogP contribution in [0.2, 0.25) is 10.0 Å². The van der Waals surface area contributed by atoms with Crippen molar-refractivity contribution in [3.05, 3.63) is 69.7 Å². The van der Waals surface area contributed by atoms with E-state index in [4.69, 9.17) is 27.9 Å². The first kappa shape index (κ1) is 25.0. The molecule has 3 aliphatic rings. The monoisotopic (exact) mass is 515 g/mol. The van der Waals surface area contributed by atoms with Crippen LogP contribution in [0.1, 0.15) is 47.6 Å². The Morgan fingerprint density at radius 3 is 2.49 bits per heavy atom. The zero-order valence-corrected chi connectivity index (χ0v) is 21.8. The summed E-state index contributed by atoms with van der Waals surface area (Å²) in [5.74, 6) is 0.507. The maximum Gasteiger partial charge on any atom is 0.254 e. The fourth-order valence-electron chi connectivity index (χ4n) is 5.98. The third-order valence-electron chi connectivity index (χ3n) is 7.87. The molecule has 0 aliphatic carbocycles. The maximum atomic E-state index is 13.5. The third-order valence-corrected chi connectivity index (χ3v) is 8.61. The van der Waals surface area contributed by atoms with Gasteiger partial charge in [0, 0.05) is 44.3 Å². The Bertz CT molecular complexity index is 993. The summed E-state index contributed by atoms with van der Waals surface area (Å²) in [6, 6.07) is 16.2. The molecule has 2 aromatic rings. The van der Waals surface area contributed by atoms with Crippen molar-refractivity contribution in [2.45, 2.75) is 37.8 Å². The number of piperidine rings is 1. The average molecular weight is 517 g/mol. The number of amides is 1.